The number of aryl methyl sites for hydroxylation is 1. The summed E-state index contributed by atoms with van der Waals surface area (Å²) in [5, 5.41) is 0. The topological polar surface area (TPSA) is 76.3 Å². The largest absolute Gasteiger partial charge is 0.377 e. The lowest BCUT2D eigenvalue weighted by Crippen LogP contribution is -2.20. The monoisotopic (exact) mass is 287 g/mol. The van der Waals surface area contributed by atoms with Crippen LogP contribution in [0.1, 0.15) is 18.3 Å². The van der Waals surface area contributed by atoms with Gasteiger partial charge in [0, 0.05) is 25.4 Å². The molecule has 6 heteroatoms. The number of para-hydroxylation sites is 1. The van der Waals surface area contributed by atoms with Gasteiger partial charge in [0.2, 0.25) is 0 Å². The summed E-state index contributed by atoms with van der Waals surface area (Å²) >= 11 is 0. The minimum Gasteiger partial charge on any atom is -0.377 e. The molecule has 112 valence electrons. The molecule has 1 aromatic heterocycles. The molecule has 3 N–H and O–H groups in total. The number of hydrazine groups is 1. The second-order valence-corrected chi connectivity index (χ2v) is 4.64. The van der Waals surface area contributed by atoms with Crippen LogP contribution in [0.15, 0.2) is 30.3 Å². The smallest absolute Gasteiger partial charge is 0.158 e. The first kappa shape index (κ1) is 15.2. The highest BCUT2D eigenvalue weighted by molar-refractivity contribution is 5.65. The highest BCUT2D eigenvalue weighted by Crippen LogP contribution is 2.27. The van der Waals surface area contributed by atoms with Crippen LogP contribution in [0.2, 0.25) is 0 Å². The number of anilines is 3. The molecular weight excluding hydrogens is 266 g/mol. The van der Waals surface area contributed by atoms with E-state index >= 15 is 0 Å². The number of hydrogen-bond acceptors (Lipinski definition) is 6. The van der Waals surface area contributed by atoms with E-state index in [9.17, 15) is 0 Å². The SMILES string of the molecule is CCN(c1cc(NN)nc(COC)n1)c1ccccc1C. The Morgan fingerprint density at radius 1 is 1.29 bits per heavy atom. The van der Waals surface area contributed by atoms with Gasteiger partial charge >= 0.3 is 0 Å². The van der Waals surface area contributed by atoms with Crippen molar-refractivity contribution in [1.82, 2.24) is 9.97 Å². The van der Waals surface area contributed by atoms with E-state index in [0.29, 0.717) is 18.2 Å². The minimum absolute atomic E-state index is 0.341. The fourth-order valence-electron chi connectivity index (χ4n) is 2.21. The van der Waals surface area contributed by atoms with Gasteiger partial charge < -0.3 is 15.1 Å². The zero-order valence-electron chi connectivity index (χ0n) is 12.6. The predicted molar refractivity (Wildman–Crippen MR) is 84.4 cm³/mol. The van der Waals surface area contributed by atoms with E-state index in [0.717, 1.165) is 18.1 Å². The maximum atomic E-state index is 5.49. The van der Waals surface area contributed by atoms with Gasteiger partial charge in [-0.2, -0.15) is 0 Å². The van der Waals surface area contributed by atoms with Crippen molar-refractivity contribution in [3.63, 3.8) is 0 Å². The molecule has 0 amide bonds. The third-order valence-corrected chi connectivity index (χ3v) is 3.18. The number of nitrogen functional groups attached to an aromatic ring is 1. The number of methoxy groups -OCH3 is 1. The van der Waals surface area contributed by atoms with Crippen molar-refractivity contribution < 1.29 is 4.74 Å². The Kier molecular flexibility index (Phi) is 5.08. The molecule has 0 aliphatic rings. The number of nitrogens with two attached hydrogens (primary N) is 1. The lowest BCUT2D eigenvalue weighted by Gasteiger charge is -2.24. The maximum absolute atomic E-state index is 5.49. The number of benzene rings is 1. The molecule has 0 aliphatic carbocycles. The number of nitrogens with zero attached hydrogens (tertiary/aromatic N) is 3. The lowest BCUT2D eigenvalue weighted by atomic mass is 10.2. The first-order valence-corrected chi connectivity index (χ1v) is 6.86. The Bertz CT molecular complexity index is 602. The van der Waals surface area contributed by atoms with Crippen molar-refractivity contribution in [3.05, 3.63) is 41.7 Å². The summed E-state index contributed by atoms with van der Waals surface area (Å²) in [5.41, 5.74) is 4.88. The second kappa shape index (κ2) is 7.01. The van der Waals surface area contributed by atoms with Crippen LogP contribution in [0.4, 0.5) is 17.3 Å². The van der Waals surface area contributed by atoms with Gasteiger partial charge in [0.15, 0.2) is 5.82 Å². The van der Waals surface area contributed by atoms with Crippen LogP contribution in [0.25, 0.3) is 0 Å². The van der Waals surface area contributed by atoms with Gasteiger partial charge in [-0.3, -0.25) is 0 Å². The zero-order valence-corrected chi connectivity index (χ0v) is 12.6. The summed E-state index contributed by atoms with van der Waals surface area (Å²) in [6, 6.07) is 10.0. The van der Waals surface area contributed by atoms with Gasteiger partial charge in [0.25, 0.3) is 0 Å². The molecule has 1 heterocycles. The van der Waals surface area contributed by atoms with E-state index in [1.807, 2.05) is 18.2 Å². The Labute approximate surface area is 124 Å². The van der Waals surface area contributed by atoms with Crippen LogP contribution in [-0.4, -0.2) is 23.6 Å². The molecule has 1 aromatic carbocycles. The van der Waals surface area contributed by atoms with E-state index in [-0.39, 0.29) is 0 Å². The molecule has 0 fully saturated rings. The summed E-state index contributed by atoms with van der Waals surface area (Å²) in [7, 11) is 1.62. The summed E-state index contributed by atoms with van der Waals surface area (Å²) in [4.78, 5) is 11.0. The van der Waals surface area contributed by atoms with Crippen LogP contribution >= 0.6 is 0 Å². The molecule has 2 aromatic rings. The number of rotatable bonds is 6. The lowest BCUT2D eigenvalue weighted by molar-refractivity contribution is 0.178. The van der Waals surface area contributed by atoms with Gasteiger partial charge in [0.1, 0.15) is 18.2 Å². The molecule has 0 unspecified atom stereocenters. The van der Waals surface area contributed by atoms with Gasteiger partial charge in [-0.15, -0.1) is 0 Å². The standard InChI is InChI=1S/C15H21N5O/c1-4-20(12-8-6-5-7-11(12)2)15-9-13(19-16)17-14(18-15)10-21-3/h5-9H,4,10,16H2,1-3H3,(H,17,18,19). The highest BCUT2D eigenvalue weighted by atomic mass is 16.5. The van der Waals surface area contributed by atoms with Crippen molar-refractivity contribution in [2.75, 3.05) is 24.0 Å². The van der Waals surface area contributed by atoms with Crippen molar-refractivity contribution in [3.8, 4) is 0 Å². The van der Waals surface area contributed by atoms with Gasteiger partial charge in [-0.1, -0.05) is 18.2 Å². The summed E-state index contributed by atoms with van der Waals surface area (Å²) < 4.78 is 5.11. The second-order valence-electron chi connectivity index (χ2n) is 4.64. The normalized spacial score (nSPS) is 10.5. The third kappa shape index (κ3) is 3.48. The van der Waals surface area contributed by atoms with Crippen LogP contribution in [-0.2, 0) is 11.3 Å². The van der Waals surface area contributed by atoms with Crippen molar-refractivity contribution in [2.24, 2.45) is 5.84 Å². The van der Waals surface area contributed by atoms with Crippen LogP contribution in [0.5, 0.6) is 0 Å². The fraction of sp³-hybridized carbons (Fsp3) is 0.333. The van der Waals surface area contributed by atoms with E-state index in [4.69, 9.17) is 10.6 Å². The molecule has 0 bridgehead atoms. The Balaban J connectivity index is 2.46. The van der Waals surface area contributed by atoms with Crippen LogP contribution < -0.4 is 16.2 Å². The first-order chi connectivity index (χ1) is 10.2. The minimum atomic E-state index is 0.341. The zero-order chi connectivity index (χ0) is 15.2. The van der Waals surface area contributed by atoms with Gasteiger partial charge in [0.05, 0.1) is 0 Å². The average molecular weight is 287 g/mol. The molecule has 0 spiro atoms. The maximum Gasteiger partial charge on any atom is 0.158 e. The number of aromatic nitrogens is 2. The van der Waals surface area contributed by atoms with E-state index < -0.39 is 0 Å². The molecule has 0 saturated heterocycles. The van der Waals surface area contributed by atoms with E-state index in [2.05, 4.69) is 46.3 Å². The van der Waals surface area contributed by atoms with Crippen molar-refractivity contribution >= 4 is 17.3 Å². The number of ether oxygens (including phenoxy) is 1. The Morgan fingerprint density at radius 3 is 2.67 bits per heavy atom. The van der Waals surface area contributed by atoms with E-state index in [1.54, 1.807) is 7.11 Å². The molecule has 0 aliphatic heterocycles. The summed E-state index contributed by atoms with van der Waals surface area (Å²) in [6.45, 7) is 5.30. The van der Waals surface area contributed by atoms with Crippen molar-refractivity contribution in [2.45, 2.75) is 20.5 Å². The summed E-state index contributed by atoms with van der Waals surface area (Å²) in [5.74, 6) is 7.45. The average Bonchev–Trinajstić information content (AvgIpc) is 2.50. The number of nitrogens with one attached hydrogen (secondary N) is 1. The Morgan fingerprint density at radius 2 is 2.05 bits per heavy atom. The number of hydrogen-bond donors (Lipinski definition) is 2. The molecule has 0 saturated carbocycles. The molecule has 0 atom stereocenters. The molecule has 0 radical (unpaired) electrons. The molecule has 2 rings (SSSR count). The van der Waals surface area contributed by atoms with Gasteiger partial charge in [-0.05, 0) is 25.5 Å². The molecule has 21 heavy (non-hydrogen) atoms. The predicted octanol–water partition coefficient (Wildman–Crippen LogP) is 2.38. The Hall–Kier alpha value is -2.18. The molecule has 6 nitrogen and oxygen atoms in total. The van der Waals surface area contributed by atoms with Crippen molar-refractivity contribution in [1.29, 1.82) is 0 Å². The van der Waals surface area contributed by atoms with E-state index in [1.165, 1.54) is 5.56 Å². The third-order valence-electron chi connectivity index (χ3n) is 3.18. The fourth-order valence-corrected chi connectivity index (χ4v) is 2.21. The quantitative estimate of drug-likeness (QED) is 0.627. The van der Waals surface area contributed by atoms with Crippen LogP contribution in [0.3, 0.4) is 0 Å². The van der Waals surface area contributed by atoms with Crippen LogP contribution in [0, 0.1) is 6.92 Å². The first-order valence-electron chi connectivity index (χ1n) is 6.86. The van der Waals surface area contributed by atoms with Gasteiger partial charge in [-0.25, -0.2) is 15.8 Å². The summed E-state index contributed by atoms with van der Waals surface area (Å²) in [6.07, 6.45) is 0. The highest BCUT2D eigenvalue weighted by Gasteiger charge is 2.13. The molecular formula is C15H21N5O.